The average molecular weight is 313 g/mol. The maximum atomic E-state index is 12.1. The summed E-state index contributed by atoms with van der Waals surface area (Å²) in [5.74, 6) is 0.0601. The van der Waals surface area contributed by atoms with Crippen LogP contribution in [0.5, 0.6) is 5.75 Å². The smallest absolute Gasteiger partial charge is 0.387 e. The standard InChI is InChI=1S/C16H15ClF2O2/c1-9-8-14(17)10(2)7-13(9)15(20)11-3-5-12(6-4-11)21-16(18)19/h3-8,15-16,20H,1-2H3. The van der Waals surface area contributed by atoms with E-state index in [1.807, 2.05) is 19.9 Å². The first-order valence-corrected chi connectivity index (χ1v) is 6.75. The molecule has 0 amide bonds. The van der Waals surface area contributed by atoms with Gasteiger partial charge in [-0.2, -0.15) is 8.78 Å². The predicted molar refractivity (Wildman–Crippen MR) is 78.1 cm³/mol. The zero-order chi connectivity index (χ0) is 15.6. The first kappa shape index (κ1) is 15.7. The molecule has 0 aliphatic carbocycles. The lowest BCUT2D eigenvalue weighted by Gasteiger charge is -2.16. The van der Waals surface area contributed by atoms with Crippen LogP contribution < -0.4 is 4.74 Å². The van der Waals surface area contributed by atoms with E-state index in [9.17, 15) is 13.9 Å². The van der Waals surface area contributed by atoms with Gasteiger partial charge >= 0.3 is 6.61 Å². The van der Waals surface area contributed by atoms with Gasteiger partial charge in [-0.1, -0.05) is 29.8 Å². The summed E-state index contributed by atoms with van der Waals surface area (Å²) < 4.78 is 28.5. The van der Waals surface area contributed by atoms with Crippen molar-refractivity contribution in [1.82, 2.24) is 0 Å². The van der Waals surface area contributed by atoms with E-state index in [-0.39, 0.29) is 5.75 Å². The summed E-state index contributed by atoms with van der Waals surface area (Å²) >= 11 is 6.04. The van der Waals surface area contributed by atoms with Crippen molar-refractivity contribution in [2.75, 3.05) is 0 Å². The van der Waals surface area contributed by atoms with Gasteiger partial charge in [0.05, 0.1) is 0 Å². The largest absolute Gasteiger partial charge is 0.435 e. The Labute approximate surface area is 126 Å². The van der Waals surface area contributed by atoms with Crippen molar-refractivity contribution in [2.24, 2.45) is 0 Å². The minimum Gasteiger partial charge on any atom is -0.435 e. The topological polar surface area (TPSA) is 29.5 Å². The molecular weight excluding hydrogens is 298 g/mol. The minimum atomic E-state index is -2.86. The van der Waals surface area contributed by atoms with Gasteiger partial charge in [-0.05, 0) is 54.3 Å². The van der Waals surface area contributed by atoms with Crippen molar-refractivity contribution in [1.29, 1.82) is 0 Å². The molecule has 0 bridgehead atoms. The van der Waals surface area contributed by atoms with Crippen LogP contribution in [-0.4, -0.2) is 11.7 Å². The van der Waals surface area contributed by atoms with Gasteiger partial charge in [0.25, 0.3) is 0 Å². The second-order valence-corrected chi connectivity index (χ2v) is 5.22. The number of halogens is 3. The molecule has 0 fully saturated rings. The second-order valence-electron chi connectivity index (χ2n) is 4.81. The van der Waals surface area contributed by atoms with Gasteiger partial charge < -0.3 is 9.84 Å². The highest BCUT2D eigenvalue weighted by Gasteiger charge is 2.15. The van der Waals surface area contributed by atoms with Crippen molar-refractivity contribution in [3.63, 3.8) is 0 Å². The molecule has 0 aliphatic heterocycles. The third kappa shape index (κ3) is 3.71. The fourth-order valence-electron chi connectivity index (χ4n) is 2.11. The van der Waals surface area contributed by atoms with Crippen molar-refractivity contribution in [3.05, 3.63) is 63.7 Å². The predicted octanol–water partition coefficient (Wildman–Crippen LogP) is 4.64. The van der Waals surface area contributed by atoms with Crippen LogP contribution in [0.25, 0.3) is 0 Å². The number of hydrogen-bond donors (Lipinski definition) is 1. The van der Waals surface area contributed by atoms with Crippen molar-refractivity contribution < 1.29 is 18.6 Å². The van der Waals surface area contributed by atoms with Crippen LogP contribution in [0.1, 0.15) is 28.4 Å². The van der Waals surface area contributed by atoms with E-state index in [4.69, 9.17) is 11.6 Å². The molecule has 2 aromatic rings. The maximum absolute atomic E-state index is 12.1. The van der Waals surface area contributed by atoms with E-state index >= 15 is 0 Å². The van der Waals surface area contributed by atoms with Gasteiger partial charge in [0.1, 0.15) is 11.9 Å². The second kappa shape index (κ2) is 6.41. The number of hydrogen-bond acceptors (Lipinski definition) is 2. The highest BCUT2D eigenvalue weighted by Crippen LogP contribution is 2.30. The van der Waals surface area contributed by atoms with Crippen molar-refractivity contribution in [3.8, 4) is 5.75 Å². The van der Waals surface area contributed by atoms with Gasteiger partial charge in [-0.25, -0.2) is 0 Å². The summed E-state index contributed by atoms with van der Waals surface area (Å²) in [5, 5.41) is 11.1. The Morgan fingerprint density at radius 3 is 2.24 bits per heavy atom. The summed E-state index contributed by atoms with van der Waals surface area (Å²) in [5.41, 5.74) is 3.07. The molecule has 0 spiro atoms. The zero-order valence-electron chi connectivity index (χ0n) is 11.6. The molecule has 112 valence electrons. The fourth-order valence-corrected chi connectivity index (χ4v) is 2.33. The molecule has 0 saturated heterocycles. The van der Waals surface area contributed by atoms with E-state index in [1.54, 1.807) is 18.2 Å². The average Bonchev–Trinajstić information content (AvgIpc) is 2.42. The molecule has 2 rings (SSSR count). The Morgan fingerprint density at radius 1 is 1.05 bits per heavy atom. The third-order valence-electron chi connectivity index (χ3n) is 3.26. The van der Waals surface area contributed by atoms with Gasteiger partial charge in [0.2, 0.25) is 0 Å². The lowest BCUT2D eigenvalue weighted by atomic mass is 9.96. The van der Waals surface area contributed by atoms with Crippen molar-refractivity contribution in [2.45, 2.75) is 26.6 Å². The highest BCUT2D eigenvalue weighted by molar-refractivity contribution is 6.31. The van der Waals surface area contributed by atoms with Gasteiger partial charge in [-0.15, -0.1) is 0 Å². The molecule has 21 heavy (non-hydrogen) atoms. The molecule has 0 saturated carbocycles. The summed E-state index contributed by atoms with van der Waals surface area (Å²) in [6.07, 6.45) is -0.846. The SMILES string of the molecule is Cc1cc(C(O)c2ccc(OC(F)F)cc2)c(C)cc1Cl. The van der Waals surface area contributed by atoms with Crippen LogP contribution in [0.4, 0.5) is 8.78 Å². The number of benzene rings is 2. The number of aliphatic hydroxyl groups excluding tert-OH is 1. The highest BCUT2D eigenvalue weighted by atomic mass is 35.5. The molecule has 1 N–H and O–H groups in total. The Balaban J connectivity index is 2.27. The number of aryl methyl sites for hydroxylation is 2. The molecule has 2 nitrogen and oxygen atoms in total. The zero-order valence-corrected chi connectivity index (χ0v) is 12.4. The molecule has 1 unspecified atom stereocenters. The number of ether oxygens (including phenoxy) is 1. The molecule has 5 heteroatoms. The van der Waals surface area contributed by atoms with Gasteiger partial charge in [0.15, 0.2) is 0 Å². The molecule has 0 heterocycles. The lowest BCUT2D eigenvalue weighted by molar-refractivity contribution is -0.0498. The van der Waals surface area contributed by atoms with Crippen LogP contribution in [0.2, 0.25) is 5.02 Å². The van der Waals surface area contributed by atoms with E-state index in [0.717, 1.165) is 16.7 Å². The maximum Gasteiger partial charge on any atom is 0.387 e. The molecular formula is C16H15ClF2O2. The molecule has 1 atom stereocenters. The Hall–Kier alpha value is -1.65. The van der Waals surface area contributed by atoms with Crippen LogP contribution in [0.15, 0.2) is 36.4 Å². The Bertz CT molecular complexity index is 627. The summed E-state index contributed by atoms with van der Waals surface area (Å²) in [7, 11) is 0. The molecule has 0 aliphatic rings. The first-order chi connectivity index (χ1) is 9.88. The monoisotopic (exact) mass is 312 g/mol. The number of alkyl halides is 2. The van der Waals surface area contributed by atoms with Gasteiger partial charge in [-0.3, -0.25) is 0 Å². The lowest BCUT2D eigenvalue weighted by Crippen LogP contribution is -2.04. The summed E-state index contributed by atoms with van der Waals surface area (Å²) in [4.78, 5) is 0. The fraction of sp³-hybridized carbons (Fsp3) is 0.250. The summed E-state index contributed by atoms with van der Waals surface area (Å²) in [6.45, 7) is 0.859. The molecule has 2 aromatic carbocycles. The normalized spacial score (nSPS) is 12.5. The van der Waals surface area contributed by atoms with E-state index in [0.29, 0.717) is 10.6 Å². The first-order valence-electron chi connectivity index (χ1n) is 6.38. The Morgan fingerprint density at radius 2 is 1.67 bits per heavy atom. The van der Waals surface area contributed by atoms with Gasteiger partial charge in [0, 0.05) is 5.02 Å². The van der Waals surface area contributed by atoms with E-state index in [1.165, 1.54) is 12.1 Å². The van der Waals surface area contributed by atoms with E-state index in [2.05, 4.69) is 4.74 Å². The third-order valence-corrected chi connectivity index (χ3v) is 3.67. The van der Waals surface area contributed by atoms with Crippen LogP contribution in [0, 0.1) is 13.8 Å². The quantitative estimate of drug-likeness (QED) is 0.891. The molecule has 0 aromatic heterocycles. The number of rotatable bonds is 4. The minimum absolute atomic E-state index is 0.0601. The molecule has 0 radical (unpaired) electrons. The van der Waals surface area contributed by atoms with Crippen molar-refractivity contribution >= 4 is 11.6 Å². The van der Waals surface area contributed by atoms with Crippen LogP contribution in [0.3, 0.4) is 0 Å². The van der Waals surface area contributed by atoms with Crippen LogP contribution in [-0.2, 0) is 0 Å². The Kier molecular flexibility index (Phi) is 4.80. The van der Waals surface area contributed by atoms with E-state index < -0.39 is 12.7 Å². The van der Waals surface area contributed by atoms with Crippen LogP contribution >= 0.6 is 11.6 Å². The number of aliphatic hydroxyl groups is 1. The summed E-state index contributed by atoms with van der Waals surface area (Å²) in [6, 6.07) is 9.55.